The highest BCUT2D eigenvalue weighted by atomic mass is 16.5. The second-order valence-corrected chi connectivity index (χ2v) is 4.41. The van der Waals surface area contributed by atoms with Crippen molar-refractivity contribution in [1.82, 2.24) is 4.98 Å². The normalized spacial score (nSPS) is 9.86. The first-order chi connectivity index (χ1) is 10.5. The van der Waals surface area contributed by atoms with Crippen LogP contribution in [0.1, 0.15) is 23.8 Å². The number of carboxylic acids is 1. The quantitative estimate of drug-likeness (QED) is 0.656. The molecule has 0 aliphatic heterocycles. The highest BCUT2D eigenvalue weighted by molar-refractivity contribution is 5.89. The van der Waals surface area contributed by atoms with Crippen molar-refractivity contribution in [3.63, 3.8) is 0 Å². The number of nitrogens with one attached hydrogen (secondary N) is 1. The second-order valence-electron chi connectivity index (χ2n) is 4.41. The Balaban J connectivity index is 2.54. The minimum Gasteiger partial charge on any atom is -0.488 e. The summed E-state index contributed by atoms with van der Waals surface area (Å²) in [4.78, 5) is 37.5. The third kappa shape index (κ3) is 3.33. The van der Waals surface area contributed by atoms with Gasteiger partial charge in [0.05, 0.1) is 12.1 Å². The van der Waals surface area contributed by atoms with Gasteiger partial charge in [0.25, 0.3) is 0 Å². The summed E-state index contributed by atoms with van der Waals surface area (Å²) in [6.45, 7) is 1.93. The summed E-state index contributed by atoms with van der Waals surface area (Å²) in [6, 6.07) is 4.89. The number of rotatable bonds is 4. The van der Waals surface area contributed by atoms with Gasteiger partial charge in [-0.1, -0.05) is 0 Å². The van der Waals surface area contributed by atoms with Crippen LogP contribution in [-0.4, -0.2) is 22.7 Å². The fourth-order valence-corrected chi connectivity index (χ4v) is 1.88. The van der Waals surface area contributed by atoms with E-state index >= 15 is 0 Å². The average Bonchev–Trinajstić information content (AvgIpc) is 2.64. The molecular formula is C16H13NO5. The molecule has 2 rings (SSSR count). The van der Waals surface area contributed by atoms with Crippen molar-refractivity contribution >= 4 is 16.9 Å². The summed E-state index contributed by atoms with van der Waals surface area (Å²) in [5.41, 5.74) is -0.882. The number of hydrogen-bond acceptors (Lipinski definition) is 4. The van der Waals surface area contributed by atoms with E-state index in [4.69, 9.17) is 9.84 Å². The first kappa shape index (κ1) is 15.3. The fourth-order valence-electron chi connectivity index (χ4n) is 1.88. The molecule has 0 saturated carbocycles. The molecule has 0 bridgehead atoms. The molecule has 112 valence electrons. The summed E-state index contributed by atoms with van der Waals surface area (Å²) in [6.07, 6.45) is 0.464. The number of ether oxygens (including phenoxy) is 1. The lowest BCUT2D eigenvalue weighted by Crippen LogP contribution is -2.09. The van der Waals surface area contributed by atoms with Gasteiger partial charge in [-0.25, -0.2) is 4.79 Å². The van der Waals surface area contributed by atoms with Gasteiger partial charge in [0.15, 0.2) is 11.2 Å². The van der Waals surface area contributed by atoms with Crippen molar-refractivity contribution in [3.05, 3.63) is 50.4 Å². The zero-order valence-corrected chi connectivity index (χ0v) is 11.8. The standard InChI is InChI=1S/C16H13NO5/c1-2-3-4-7-22-15-8-10-11(5-6-13(15)18)17-12(16(20)21)9-14(10)19/h5-6,8-9H,4,7H2,1H3,(H,17,19)(H,20,21). The van der Waals surface area contributed by atoms with Crippen molar-refractivity contribution in [2.24, 2.45) is 0 Å². The first-order valence-electron chi connectivity index (χ1n) is 6.50. The largest absolute Gasteiger partial charge is 0.488 e. The number of pyridine rings is 1. The predicted octanol–water partition coefficient (Wildman–Crippen LogP) is 1.38. The summed E-state index contributed by atoms with van der Waals surface area (Å²) >= 11 is 0. The Morgan fingerprint density at radius 1 is 1.27 bits per heavy atom. The predicted molar refractivity (Wildman–Crippen MR) is 81.4 cm³/mol. The molecule has 0 aliphatic carbocycles. The van der Waals surface area contributed by atoms with E-state index in [1.54, 1.807) is 6.92 Å². The van der Waals surface area contributed by atoms with Crippen LogP contribution >= 0.6 is 0 Å². The summed E-state index contributed by atoms with van der Waals surface area (Å²) in [5, 5.41) is 9.12. The maximum absolute atomic E-state index is 12.0. The average molecular weight is 299 g/mol. The van der Waals surface area contributed by atoms with E-state index in [1.165, 1.54) is 18.2 Å². The van der Waals surface area contributed by atoms with Gasteiger partial charge >= 0.3 is 5.97 Å². The monoisotopic (exact) mass is 299 g/mol. The van der Waals surface area contributed by atoms with Crippen LogP contribution in [0.3, 0.4) is 0 Å². The Morgan fingerprint density at radius 2 is 2.05 bits per heavy atom. The lowest BCUT2D eigenvalue weighted by Gasteiger charge is -2.01. The smallest absolute Gasteiger partial charge is 0.352 e. The third-order valence-electron chi connectivity index (χ3n) is 2.91. The van der Waals surface area contributed by atoms with Crippen LogP contribution in [0.5, 0.6) is 5.75 Å². The number of hydrogen-bond donors (Lipinski definition) is 2. The number of fused-ring (bicyclic) bond motifs is 1. The van der Waals surface area contributed by atoms with Crippen molar-refractivity contribution < 1.29 is 14.6 Å². The number of aromatic carboxylic acids is 1. The number of aromatic nitrogens is 1. The molecule has 0 amide bonds. The molecule has 0 saturated heterocycles. The molecule has 6 heteroatoms. The van der Waals surface area contributed by atoms with Gasteiger partial charge in [-0.05, 0) is 25.1 Å². The number of H-pyrrole nitrogens is 1. The van der Waals surface area contributed by atoms with Crippen LogP contribution in [0.15, 0.2) is 33.9 Å². The molecule has 0 radical (unpaired) electrons. The Morgan fingerprint density at radius 3 is 2.73 bits per heavy atom. The molecule has 0 atom stereocenters. The molecule has 22 heavy (non-hydrogen) atoms. The highest BCUT2D eigenvalue weighted by Gasteiger charge is 2.09. The molecular weight excluding hydrogens is 286 g/mol. The van der Waals surface area contributed by atoms with Crippen LogP contribution < -0.4 is 15.6 Å². The fraction of sp³-hybridized carbons (Fsp3) is 0.188. The van der Waals surface area contributed by atoms with E-state index in [0.717, 1.165) is 6.07 Å². The minimum absolute atomic E-state index is 0.0291. The van der Waals surface area contributed by atoms with Crippen molar-refractivity contribution in [2.45, 2.75) is 13.3 Å². The second kappa shape index (κ2) is 6.59. The maximum Gasteiger partial charge on any atom is 0.352 e. The lowest BCUT2D eigenvalue weighted by molar-refractivity contribution is 0.0691. The number of aromatic amines is 1. The van der Waals surface area contributed by atoms with Gasteiger partial charge in [-0.15, -0.1) is 11.8 Å². The Labute approximate surface area is 125 Å². The molecule has 0 fully saturated rings. The maximum atomic E-state index is 12.0. The zero-order chi connectivity index (χ0) is 16.1. The molecule has 2 aromatic rings. The van der Waals surface area contributed by atoms with E-state index in [9.17, 15) is 14.4 Å². The topological polar surface area (TPSA) is 96.5 Å². The van der Waals surface area contributed by atoms with Gasteiger partial charge in [0.2, 0.25) is 5.43 Å². The molecule has 2 N–H and O–H groups in total. The van der Waals surface area contributed by atoms with E-state index in [2.05, 4.69) is 16.8 Å². The van der Waals surface area contributed by atoms with Crippen LogP contribution in [0, 0.1) is 11.8 Å². The van der Waals surface area contributed by atoms with Crippen LogP contribution in [0.25, 0.3) is 10.9 Å². The molecule has 0 aliphatic rings. The van der Waals surface area contributed by atoms with Crippen molar-refractivity contribution in [2.75, 3.05) is 6.61 Å². The molecule has 1 heterocycles. The van der Waals surface area contributed by atoms with Gasteiger partial charge in [-0.2, -0.15) is 0 Å². The third-order valence-corrected chi connectivity index (χ3v) is 2.91. The summed E-state index contributed by atoms with van der Waals surface area (Å²) in [5.74, 6) is 4.30. The van der Waals surface area contributed by atoms with Gasteiger partial charge in [0.1, 0.15) is 5.69 Å². The molecule has 6 nitrogen and oxygen atoms in total. The lowest BCUT2D eigenvalue weighted by atomic mass is 10.2. The van der Waals surface area contributed by atoms with Gasteiger partial charge < -0.3 is 14.8 Å². The Kier molecular flexibility index (Phi) is 4.59. The van der Waals surface area contributed by atoms with E-state index in [1.807, 2.05) is 0 Å². The van der Waals surface area contributed by atoms with Crippen LogP contribution in [0.2, 0.25) is 0 Å². The summed E-state index contributed by atoms with van der Waals surface area (Å²) in [7, 11) is 0. The molecule has 0 spiro atoms. The highest BCUT2D eigenvalue weighted by Crippen LogP contribution is 2.11. The zero-order valence-electron chi connectivity index (χ0n) is 11.8. The number of carbonyl (C=O) groups is 1. The Hall–Kier alpha value is -3.07. The minimum atomic E-state index is -1.25. The van der Waals surface area contributed by atoms with E-state index in [0.29, 0.717) is 6.42 Å². The van der Waals surface area contributed by atoms with Crippen LogP contribution in [0.4, 0.5) is 0 Å². The van der Waals surface area contributed by atoms with E-state index in [-0.39, 0.29) is 29.0 Å². The number of carboxylic acid groups (broad SMARTS) is 1. The molecule has 0 unspecified atom stereocenters. The van der Waals surface area contributed by atoms with Gasteiger partial charge in [0, 0.05) is 17.9 Å². The molecule has 1 aromatic heterocycles. The van der Waals surface area contributed by atoms with Crippen molar-refractivity contribution in [1.29, 1.82) is 0 Å². The Bertz CT molecular complexity index is 902. The molecule has 1 aromatic carbocycles. The van der Waals surface area contributed by atoms with Gasteiger partial charge in [-0.3, -0.25) is 9.59 Å². The SMILES string of the molecule is CC#CCCOc1cc2c(=O)cc(C(=O)O)[nH]c2ccc1=O. The van der Waals surface area contributed by atoms with E-state index < -0.39 is 16.8 Å². The van der Waals surface area contributed by atoms with Crippen LogP contribution in [-0.2, 0) is 0 Å². The summed E-state index contributed by atoms with van der Waals surface area (Å²) < 4.78 is 5.36. The first-order valence-corrected chi connectivity index (χ1v) is 6.50. The van der Waals surface area contributed by atoms with Crippen molar-refractivity contribution in [3.8, 4) is 17.6 Å².